The summed E-state index contributed by atoms with van der Waals surface area (Å²) in [5.41, 5.74) is 1.12. The second kappa shape index (κ2) is 6.93. The van der Waals surface area contributed by atoms with Crippen LogP contribution in [0.1, 0.15) is 28.8 Å². The second-order valence-electron chi connectivity index (χ2n) is 6.06. The first kappa shape index (κ1) is 17.6. The molecule has 1 saturated heterocycles. The molecule has 0 saturated carbocycles. The fourth-order valence-electron chi connectivity index (χ4n) is 2.86. The van der Waals surface area contributed by atoms with Crippen molar-refractivity contribution in [3.05, 3.63) is 59.4 Å². The summed E-state index contributed by atoms with van der Waals surface area (Å²) in [6.07, 6.45) is 1.69. The predicted octanol–water partition coefficient (Wildman–Crippen LogP) is 3.17. The van der Waals surface area contributed by atoms with E-state index < -0.39 is 21.7 Å². The van der Waals surface area contributed by atoms with E-state index >= 15 is 0 Å². The number of hydrogen-bond acceptors (Lipinski definition) is 3. The monoisotopic (exact) mass is 362 g/mol. The van der Waals surface area contributed by atoms with Crippen molar-refractivity contribution in [3.63, 3.8) is 0 Å². The van der Waals surface area contributed by atoms with Crippen molar-refractivity contribution in [2.75, 3.05) is 18.4 Å². The van der Waals surface area contributed by atoms with Crippen LogP contribution in [0.25, 0.3) is 0 Å². The number of sulfonamides is 1. The smallest absolute Gasteiger partial charge is 0.255 e. The molecule has 2 aromatic carbocycles. The summed E-state index contributed by atoms with van der Waals surface area (Å²) in [6.45, 7) is 2.71. The summed E-state index contributed by atoms with van der Waals surface area (Å²) in [6, 6.07) is 10.1. The summed E-state index contributed by atoms with van der Waals surface area (Å²) in [7, 11) is -3.61. The predicted molar refractivity (Wildman–Crippen MR) is 93.5 cm³/mol. The summed E-state index contributed by atoms with van der Waals surface area (Å²) in [5.74, 6) is -0.942. The number of anilines is 1. The van der Waals surface area contributed by atoms with Crippen molar-refractivity contribution in [2.45, 2.75) is 24.7 Å². The lowest BCUT2D eigenvalue weighted by atomic mass is 10.1. The van der Waals surface area contributed by atoms with Crippen LogP contribution in [0.5, 0.6) is 0 Å². The average Bonchev–Trinajstić information content (AvgIpc) is 3.10. The number of halogens is 1. The van der Waals surface area contributed by atoms with Crippen molar-refractivity contribution in [2.24, 2.45) is 0 Å². The number of aryl methyl sites for hydroxylation is 1. The Labute approximate surface area is 146 Å². The zero-order valence-corrected chi connectivity index (χ0v) is 14.6. The first-order valence-electron chi connectivity index (χ1n) is 8.05. The molecule has 1 N–H and O–H groups in total. The van der Waals surface area contributed by atoms with Crippen LogP contribution >= 0.6 is 0 Å². The normalized spacial score (nSPS) is 15.3. The van der Waals surface area contributed by atoms with Gasteiger partial charge in [-0.3, -0.25) is 4.79 Å². The van der Waals surface area contributed by atoms with E-state index in [4.69, 9.17) is 0 Å². The molecule has 0 aromatic heterocycles. The van der Waals surface area contributed by atoms with Gasteiger partial charge in [0.1, 0.15) is 5.82 Å². The SMILES string of the molecule is Cc1ccc(C(=O)Nc2cccc(F)c2)cc1S(=O)(=O)N1CCCC1. The Kier molecular flexibility index (Phi) is 4.87. The lowest BCUT2D eigenvalue weighted by molar-refractivity contribution is 0.102. The molecule has 7 heteroatoms. The third kappa shape index (κ3) is 3.72. The first-order valence-corrected chi connectivity index (χ1v) is 9.50. The van der Waals surface area contributed by atoms with Crippen molar-refractivity contribution in [1.82, 2.24) is 4.31 Å². The lowest BCUT2D eigenvalue weighted by Crippen LogP contribution is -2.28. The van der Waals surface area contributed by atoms with Crippen LogP contribution in [0.3, 0.4) is 0 Å². The van der Waals surface area contributed by atoms with Crippen LogP contribution in [0.4, 0.5) is 10.1 Å². The Morgan fingerprint density at radius 1 is 1.12 bits per heavy atom. The van der Waals surface area contributed by atoms with Crippen LogP contribution in [0, 0.1) is 12.7 Å². The topological polar surface area (TPSA) is 66.5 Å². The zero-order valence-electron chi connectivity index (χ0n) is 13.8. The fraction of sp³-hybridized carbons (Fsp3) is 0.278. The summed E-state index contributed by atoms with van der Waals surface area (Å²) in [5, 5.41) is 2.58. The average molecular weight is 362 g/mol. The maximum Gasteiger partial charge on any atom is 0.255 e. The van der Waals surface area contributed by atoms with E-state index in [1.165, 1.54) is 28.6 Å². The molecular weight excluding hydrogens is 343 g/mol. The molecule has 5 nitrogen and oxygen atoms in total. The number of carbonyl (C=O) groups is 1. The maximum atomic E-state index is 13.2. The molecule has 1 aliphatic rings. The number of nitrogens with one attached hydrogen (secondary N) is 1. The minimum absolute atomic E-state index is 0.140. The largest absolute Gasteiger partial charge is 0.322 e. The first-order chi connectivity index (χ1) is 11.9. The molecule has 0 atom stereocenters. The molecule has 0 bridgehead atoms. The van der Waals surface area contributed by atoms with Gasteiger partial charge in [0, 0.05) is 24.3 Å². The maximum absolute atomic E-state index is 13.2. The Bertz CT molecular complexity index is 906. The van der Waals surface area contributed by atoms with Crippen LogP contribution in [0.15, 0.2) is 47.4 Å². The van der Waals surface area contributed by atoms with Gasteiger partial charge in [0.05, 0.1) is 4.90 Å². The molecule has 0 aliphatic carbocycles. The van der Waals surface area contributed by atoms with E-state index in [1.807, 2.05) is 0 Å². The number of amides is 1. The van der Waals surface area contributed by atoms with Crippen LogP contribution in [0.2, 0.25) is 0 Å². The standard InChI is InChI=1S/C18H19FN2O3S/c1-13-7-8-14(18(22)20-16-6-4-5-15(19)12-16)11-17(13)25(23,24)21-9-2-3-10-21/h4-8,11-12H,2-3,9-10H2,1H3,(H,20,22). The highest BCUT2D eigenvalue weighted by Crippen LogP contribution is 2.25. The third-order valence-electron chi connectivity index (χ3n) is 4.22. The number of nitrogens with zero attached hydrogens (tertiary/aromatic N) is 1. The van der Waals surface area contributed by atoms with Crippen LogP contribution in [-0.2, 0) is 10.0 Å². The Balaban J connectivity index is 1.89. The third-order valence-corrected chi connectivity index (χ3v) is 6.26. The molecule has 1 aliphatic heterocycles. The highest BCUT2D eigenvalue weighted by Gasteiger charge is 2.29. The Morgan fingerprint density at radius 2 is 1.84 bits per heavy atom. The van der Waals surface area contributed by atoms with Gasteiger partial charge in [-0.15, -0.1) is 0 Å². The fourth-order valence-corrected chi connectivity index (χ4v) is 4.62. The number of hydrogen-bond donors (Lipinski definition) is 1. The van der Waals surface area contributed by atoms with E-state index in [1.54, 1.807) is 25.1 Å². The molecule has 0 radical (unpaired) electrons. The van der Waals surface area contributed by atoms with Gasteiger partial charge in [0.15, 0.2) is 0 Å². The minimum atomic E-state index is -3.61. The second-order valence-corrected chi connectivity index (χ2v) is 7.96. The summed E-state index contributed by atoms with van der Waals surface area (Å²) < 4.78 is 40.2. The Hall–Kier alpha value is -2.25. The molecule has 1 heterocycles. The number of benzene rings is 2. The molecule has 1 amide bonds. The van der Waals surface area contributed by atoms with Crippen molar-refractivity contribution in [3.8, 4) is 0 Å². The summed E-state index contributed by atoms with van der Waals surface area (Å²) >= 11 is 0. The van der Waals surface area contributed by atoms with Crippen molar-refractivity contribution < 1.29 is 17.6 Å². The molecule has 25 heavy (non-hydrogen) atoms. The molecular formula is C18H19FN2O3S. The van der Waals surface area contributed by atoms with Crippen molar-refractivity contribution in [1.29, 1.82) is 0 Å². The van der Waals surface area contributed by atoms with Gasteiger partial charge in [-0.05, 0) is 55.7 Å². The van der Waals surface area contributed by atoms with Crippen LogP contribution in [-0.4, -0.2) is 31.7 Å². The lowest BCUT2D eigenvalue weighted by Gasteiger charge is -2.17. The van der Waals surface area contributed by atoms with E-state index in [2.05, 4.69) is 5.32 Å². The van der Waals surface area contributed by atoms with Crippen molar-refractivity contribution >= 4 is 21.6 Å². The van der Waals surface area contributed by atoms with Gasteiger partial charge in [0.2, 0.25) is 10.0 Å². The van der Waals surface area contributed by atoms with Gasteiger partial charge >= 0.3 is 0 Å². The van der Waals surface area contributed by atoms with Crippen LogP contribution < -0.4 is 5.32 Å². The van der Waals surface area contributed by atoms with Gasteiger partial charge in [0.25, 0.3) is 5.91 Å². The quantitative estimate of drug-likeness (QED) is 0.908. The molecule has 3 rings (SSSR count). The van der Waals surface area contributed by atoms with E-state index in [-0.39, 0.29) is 10.5 Å². The molecule has 0 spiro atoms. The number of carbonyl (C=O) groups excluding carboxylic acids is 1. The highest BCUT2D eigenvalue weighted by atomic mass is 32.2. The van der Waals surface area contributed by atoms with E-state index in [0.717, 1.165) is 12.8 Å². The molecule has 0 unspecified atom stereocenters. The van der Waals surface area contributed by atoms with E-state index in [9.17, 15) is 17.6 Å². The van der Waals surface area contributed by atoms with Gasteiger partial charge in [-0.25, -0.2) is 12.8 Å². The molecule has 1 fully saturated rings. The minimum Gasteiger partial charge on any atom is -0.322 e. The molecule has 132 valence electrons. The van der Waals surface area contributed by atoms with E-state index in [0.29, 0.717) is 24.3 Å². The number of rotatable bonds is 4. The van der Waals surface area contributed by atoms with Gasteiger partial charge < -0.3 is 5.32 Å². The summed E-state index contributed by atoms with van der Waals surface area (Å²) in [4.78, 5) is 12.5. The molecule has 2 aromatic rings. The Morgan fingerprint density at radius 3 is 2.52 bits per heavy atom. The van der Waals surface area contributed by atoms with Gasteiger partial charge in [-0.1, -0.05) is 12.1 Å². The zero-order chi connectivity index (χ0) is 18.0. The highest BCUT2D eigenvalue weighted by molar-refractivity contribution is 7.89. The van der Waals surface area contributed by atoms with Gasteiger partial charge in [-0.2, -0.15) is 4.31 Å².